The number of thioether (sulfide) groups is 1. The molecule has 1 heterocycles. The van der Waals surface area contributed by atoms with E-state index in [9.17, 15) is 27.6 Å². The van der Waals surface area contributed by atoms with Crippen LogP contribution in [0, 0.1) is 5.92 Å². The predicted octanol–water partition coefficient (Wildman–Crippen LogP) is 6.71. The molecule has 1 aliphatic heterocycles. The summed E-state index contributed by atoms with van der Waals surface area (Å²) in [5.74, 6) is -1.72. The second-order valence-corrected chi connectivity index (χ2v) is 10.0. The van der Waals surface area contributed by atoms with Gasteiger partial charge >= 0.3 is 6.18 Å². The Hall–Kier alpha value is -2.58. The number of Topliss-reactive ketones (excluding diaryl/α,β-unsaturated/α-hetero) is 2. The molecule has 178 valence electrons. The number of halogens is 4. The molecule has 1 atom stereocenters. The molecule has 1 fully saturated rings. The van der Waals surface area contributed by atoms with E-state index < -0.39 is 34.1 Å². The Labute approximate surface area is 204 Å². The molecule has 2 aromatic carbocycles. The van der Waals surface area contributed by atoms with Crippen LogP contribution in [0.5, 0.6) is 0 Å². The number of anilines is 1. The van der Waals surface area contributed by atoms with Crippen molar-refractivity contribution in [2.45, 2.75) is 43.7 Å². The summed E-state index contributed by atoms with van der Waals surface area (Å²) < 4.78 is 41.4. The van der Waals surface area contributed by atoms with Gasteiger partial charge in [-0.3, -0.25) is 14.4 Å². The topological polar surface area (TPSA) is 54.5 Å². The highest BCUT2D eigenvalue weighted by atomic mass is 35.5. The van der Waals surface area contributed by atoms with Crippen molar-refractivity contribution in [1.29, 1.82) is 0 Å². The highest BCUT2D eigenvalue weighted by molar-refractivity contribution is 8.03. The van der Waals surface area contributed by atoms with E-state index in [1.165, 1.54) is 11.8 Å². The maximum absolute atomic E-state index is 13.8. The van der Waals surface area contributed by atoms with Crippen LogP contribution in [0.4, 0.5) is 18.9 Å². The fourth-order valence-corrected chi connectivity index (χ4v) is 5.76. The summed E-state index contributed by atoms with van der Waals surface area (Å²) in [6.07, 6.45) is -3.43. The Bertz CT molecular complexity index is 1190. The summed E-state index contributed by atoms with van der Waals surface area (Å²) in [6.45, 7) is 1.82. The summed E-state index contributed by atoms with van der Waals surface area (Å²) in [4.78, 5) is 41.2. The van der Waals surface area contributed by atoms with E-state index in [-0.39, 0.29) is 42.2 Å². The van der Waals surface area contributed by atoms with Gasteiger partial charge in [0.1, 0.15) is 0 Å². The van der Waals surface area contributed by atoms with E-state index in [2.05, 4.69) is 0 Å². The number of benzene rings is 2. The van der Waals surface area contributed by atoms with Crippen molar-refractivity contribution in [3.63, 3.8) is 0 Å². The smallest absolute Gasteiger partial charge is 0.310 e. The first-order valence-electron chi connectivity index (χ1n) is 10.8. The number of rotatable bonds is 5. The number of carbonyl (C=O) groups is 3. The number of alkyl halides is 3. The minimum absolute atomic E-state index is 0.0474. The largest absolute Gasteiger partial charge is 0.418 e. The van der Waals surface area contributed by atoms with Crippen molar-refractivity contribution in [2.75, 3.05) is 11.4 Å². The molecule has 0 N–H and O–H groups in total. The van der Waals surface area contributed by atoms with E-state index in [1.807, 2.05) is 30.3 Å². The molecule has 1 aliphatic carbocycles. The molecule has 0 unspecified atom stereocenters. The van der Waals surface area contributed by atoms with Crippen LogP contribution in [0.1, 0.15) is 48.5 Å². The molecule has 0 saturated carbocycles. The van der Waals surface area contributed by atoms with Crippen LogP contribution >= 0.6 is 23.4 Å². The average molecular weight is 508 g/mol. The monoisotopic (exact) mass is 507 g/mol. The highest BCUT2D eigenvalue weighted by Crippen LogP contribution is 2.45. The maximum Gasteiger partial charge on any atom is 0.418 e. The normalized spacial score (nSPS) is 19.2. The fourth-order valence-electron chi connectivity index (χ4n) is 4.27. The number of ketones is 2. The fraction of sp³-hybridized carbons (Fsp3) is 0.320. The zero-order valence-electron chi connectivity index (χ0n) is 18.2. The van der Waals surface area contributed by atoms with E-state index in [4.69, 9.17) is 11.6 Å². The third kappa shape index (κ3) is 4.79. The Morgan fingerprint density at radius 1 is 1.09 bits per heavy atom. The SMILES string of the molecule is C[C@@H]1CC(=O)N(c2c(C(F)(F)F)ccc(C(=O)C3=C(Sc4ccccc4)CCCC3=O)c2Cl)C1. The first kappa shape index (κ1) is 24.5. The standard InChI is InChI=1S/C25H21ClF3NO3S/c1-14-12-20(32)30(13-14)23-17(25(27,28)29)11-10-16(22(23)26)24(33)21-18(31)8-5-9-19(21)34-15-6-3-2-4-7-15/h2-4,6-7,10-11,14H,5,8-9,12-13H2,1H3/t14-/m1/s1. The summed E-state index contributed by atoms with van der Waals surface area (Å²) in [7, 11) is 0. The number of amides is 1. The van der Waals surface area contributed by atoms with Crippen LogP contribution in [0.25, 0.3) is 0 Å². The van der Waals surface area contributed by atoms with Crippen LogP contribution in [-0.2, 0) is 15.8 Å². The van der Waals surface area contributed by atoms with Gasteiger partial charge in [0, 0.05) is 34.8 Å². The van der Waals surface area contributed by atoms with Gasteiger partial charge in [0.05, 0.1) is 21.8 Å². The lowest BCUT2D eigenvalue weighted by atomic mass is 9.90. The van der Waals surface area contributed by atoms with Crippen molar-refractivity contribution < 1.29 is 27.6 Å². The molecule has 0 aromatic heterocycles. The Morgan fingerprint density at radius 3 is 2.41 bits per heavy atom. The molecule has 0 spiro atoms. The molecule has 2 aromatic rings. The van der Waals surface area contributed by atoms with Gasteiger partial charge in [-0.15, -0.1) is 0 Å². The molecular formula is C25H21ClF3NO3S. The van der Waals surface area contributed by atoms with Crippen molar-refractivity contribution in [3.05, 3.63) is 69.1 Å². The lowest BCUT2D eigenvalue weighted by molar-refractivity contribution is -0.137. The molecule has 0 bridgehead atoms. The van der Waals surface area contributed by atoms with Gasteiger partial charge in [-0.05, 0) is 43.0 Å². The zero-order valence-corrected chi connectivity index (χ0v) is 19.8. The number of allylic oxidation sites excluding steroid dienone is 2. The Balaban J connectivity index is 1.83. The van der Waals surface area contributed by atoms with Gasteiger partial charge in [0.25, 0.3) is 0 Å². The lowest BCUT2D eigenvalue weighted by Gasteiger charge is -2.25. The molecule has 4 rings (SSSR count). The summed E-state index contributed by atoms with van der Waals surface area (Å²) in [6, 6.07) is 11.0. The van der Waals surface area contributed by atoms with Gasteiger partial charge in [-0.1, -0.05) is 48.5 Å². The average Bonchev–Trinajstić information content (AvgIpc) is 3.10. The Kier molecular flexibility index (Phi) is 6.92. The number of hydrogen-bond acceptors (Lipinski definition) is 4. The highest BCUT2D eigenvalue weighted by Gasteiger charge is 2.41. The van der Waals surface area contributed by atoms with Gasteiger partial charge in [-0.2, -0.15) is 13.2 Å². The predicted molar refractivity (Wildman–Crippen MR) is 125 cm³/mol. The third-order valence-electron chi connectivity index (χ3n) is 5.83. The van der Waals surface area contributed by atoms with E-state index in [0.717, 1.165) is 21.9 Å². The summed E-state index contributed by atoms with van der Waals surface area (Å²) in [5, 5.41) is -0.461. The van der Waals surface area contributed by atoms with Gasteiger partial charge in [0.15, 0.2) is 11.6 Å². The molecule has 1 amide bonds. The molecule has 0 radical (unpaired) electrons. The van der Waals surface area contributed by atoms with E-state index in [0.29, 0.717) is 17.7 Å². The van der Waals surface area contributed by atoms with E-state index >= 15 is 0 Å². The quantitative estimate of drug-likeness (QED) is 0.333. The van der Waals surface area contributed by atoms with Crippen molar-refractivity contribution >= 4 is 46.5 Å². The minimum atomic E-state index is -4.78. The number of hydrogen-bond donors (Lipinski definition) is 0. The van der Waals surface area contributed by atoms with Crippen LogP contribution < -0.4 is 4.90 Å². The van der Waals surface area contributed by atoms with Crippen molar-refractivity contribution in [1.82, 2.24) is 0 Å². The molecule has 34 heavy (non-hydrogen) atoms. The lowest BCUT2D eigenvalue weighted by Crippen LogP contribution is -2.28. The van der Waals surface area contributed by atoms with Crippen molar-refractivity contribution in [3.8, 4) is 0 Å². The second-order valence-electron chi connectivity index (χ2n) is 8.45. The molecule has 2 aliphatic rings. The molecule has 4 nitrogen and oxygen atoms in total. The zero-order chi connectivity index (χ0) is 24.6. The van der Waals surface area contributed by atoms with Crippen LogP contribution in [0.2, 0.25) is 5.02 Å². The van der Waals surface area contributed by atoms with Crippen molar-refractivity contribution in [2.24, 2.45) is 5.92 Å². The molecule has 9 heteroatoms. The van der Waals surface area contributed by atoms with Gasteiger partial charge in [0.2, 0.25) is 5.91 Å². The molecular weight excluding hydrogens is 487 g/mol. The first-order valence-corrected chi connectivity index (χ1v) is 12.0. The summed E-state index contributed by atoms with van der Waals surface area (Å²) in [5.41, 5.74) is -1.86. The number of carbonyl (C=O) groups excluding carboxylic acids is 3. The van der Waals surface area contributed by atoms with Crippen LogP contribution in [0.15, 0.2) is 57.8 Å². The summed E-state index contributed by atoms with van der Waals surface area (Å²) >= 11 is 7.72. The third-order valence-corrected chi connectivity index (χ3v) is 7.38. The molecule has 1 saturated heterocycles. The second kappa shape index (κ2) is 9.58. The Morgan fingerprint density at radius 2 is 1.79 bits per heavy atom. The van der Waals surface area contributed by atoms with Gasteiger partial charge < -0.3 is 4.90 Å². The van der Waals surface area contributed by atoms with Crippen LogP contribution in [0.3, 0.4) is 0 Å². The van der Waals surface area contributed by atoms with Gasteiger partial charge in [-0.25, -0.2) is 0 Å². The first-order chi connectivity index (χ1) is 16.1. The maximum atomic E-state index is 13.8. The number of nitrogens with zero attached hydrogens (tertiary/aromatic N) is 1. The van der Waals surface area contributed by atoms with E-state index in [1.54, 1.807) is 6.92 Å². The van der Waals surface area contributed by atoms with Crippen LogP contribution in [-0.4, -0.2) is 24.0 Å². The minimum Gasteiger partial charge on any atom is -0.310 e.